The number of fused-ring (bicyclic) bond motifs is 3. The van der Waals surface area contributed by atoms with Crippen molar-refractivity contribution in [2.24, 2.45) is 0 Å². The number of nitrogens with zero attached hydrogens (tertiary/aromatic N) is 3. The molecule has 0 radical (unpaired) electrons. The van der Waals surface area contributed by atoms with Crippen molar-refractivity contribution in [3.63, 3.8) is 0 Å². The van der Waals surface area contributed by atoms with Gasteiger partial charge in [-0.15, -0.1) is 11.3 Å². The van der Waals surface area contributed by atoms with Gasteiger partial charge in [0.25, 0.3) is 5.56 Å². The molecule has 0 fully saturated rings. The van der Waals surface area contributed by atoms with Crippen molar-refractivity contribution in [3.05, 3.63) is 89.9 Å². The molecule has 1 aliphatic heterocycles. The maximum Gasteiger partial charge on any atom is 0.410 e. The number of rotatable bonds is 5. The van der Waals surface area contributed by atoms with E-state index in [1.165, 1.54) is 15.9 Å². The number of halogens is 1. The molecule has 0 saturated heterocycles. The van der Waals surface area contributed by atoms with Crippen molar-refractivity contribution in [2.45, 2.75) is 40.3 Å². The van der Waals surface area contributed by atoms with Gasteiger partial charge < -0.3 is 15.0 Å². The van der Waals surface area contributed by atoms with Gasteiger partial charge in [-0.05, 0) is 74.2 Å². The van der Waals surface area contributed by atoms with Crippen LogP contribution in [-0.4, -0.2) is 39.2 Å². The number of hydrogen-bond acceptors (Lipinski definition) is 6. The number of carbonyl (C=O) groups is 2. The monoisotopic (exact) mass is 566 g/mol. The average molecular weight is 567 g/mol. The van der Waals surface area contributed by atoms with Crippen LogP contribution in [0.15, 0.2) is 52.1 Å². The number of amides is 2. The van der Waals surface area contributed by atoms with Gasteiger partial charge in [-0.1, -0.05) is 23.7 Å². The van der Waals surface area contributed by atoms with Crippen LogP contribution < -0.4 is 16.6 Å². The van der Waals surface area contributed by atoms with E-state index in [1.807, 2.05) is 26.0 Å². The summed E-state index contributed by atoms with van der Waals surface area (Å²) < 4.78 is 7.57. The van der Waals surface area contributed by atoms with Crippen molar-refractivity contribution in [1.82, 2.24) is 14.0 Å². The lowest BCUT2D eigenvalue weighted by atomic mass is 10.1. The molecule has 2 aromatic heterocycles. The first-order chi connectivity index (χ1) is 18.7. The molecule has 2 aromatic carbocycles. The number of thiophene rings is 1. The minimum Gasteiger partial charge on any atom is -0.450 e. The van der Waals surface area contributed by atoms with Crippen molar-refractivity contribution in [3.8, 4) is 5.69 Å². The Morgan fingerprint density at radius 2 is 1.85 bits per heavy atom. The molecule has 9 nitrogen and oxygen atoms in total. The van der Waals surface area contributed by atoms with Crippen molar-refractivity contribution < 1.29 is 14.3 Å². The van der Waals surface area contributed by atoms with Crippen LogP contribution in [0.5, 0.6) is 0 Å². The van der Waals surface area contributed by atoms with Crippen LogP contribution in [0.25, 0.3) is 15.9 Å². The summed E-state index contributed by atoms with van der Waals surface area (Å²) in [4.78, 5) is 56.0. The lowest BCUT2D eigenvalue weighted by molar-refractivity contribution is -0.116. The van der Waals surface area contributed by atoms with Gasteiger partial charge in [0.1, 0.15) is 11.4 Å². The van der Waals surface area contributed by atoms with Gasteiger partial charge in [-0.3, -0.25) is 14.2 Å². The molecule has 0 atom stereocenters. The normalized spacial score (nSPS) is 12.9. The zero-order chi connectivity index (χ0) is 27.8. The Hall–Kier alpha value is -3.89. The minimum atomic E-state index is -0.633. The fourth-order valence-electron chi connectivity index (χ4n) is 4.75. The summed E-state index contributed by atoms with van der Waals surface area (Å²) >= 11 is 7.30. The summed E-state index contributed by atoms with van der Waals surface area (Å²) in [6, 6.07) is 12.0. The van der Waals surface area contributed by atoms with Gasteiger partial charge in [0.15, 0.2) is 0 Å². The van der Waals surface area contributed by atoms with E-state index in [4.69, 9.17) is 16.3 Å². The Labute approximate surface area is 233 Å². The van der Waals surface area contributed by atoms with Crippen LogP contribution in [0.4, 0.5) is 10.5 Å². The largest absolute Gasteiger partial charge is 0.450 e. The fourth-order valence-corrected chi connectivity index (χ4v) is 6.23. The summed E-state index contributed by atoms with van der Waals surface area (Å²) in [5.41, 5.74) is 2.65. The van der Waals surface area contributed by atoms with Crippen LogP contribution in [0.3, 0.4) is 0 Å². The maximum absolute atomic E-state index is 13.8. The van der Waals surface area contributed by atoms with Gasteiger partial charge in [0.05, 0.1) is 24.2 Å². The number of aryl methyl sites for hydroxylation is 1. The topological polar surface area (TPSA) is 103 Å². The Morgan fingerprint density at radius 1 is 1.10 bits per heavy atom. The van der Waals surface area contributed by atoms with Crippen molar-refractivity contribution in [1.29, 1.82) is 0 Å². The number of ether oxygens (including phenoxy) is 1. The SMILES string of the molecule is CCOC(=O)N1CCc2c(sc3c2c(=O)n(-c2ccc(Cl)cc2)c(=O)n3CC(=O)Nc2cccc(C)c2C)C1. The number of aromatic nitrogens is 2. The van der Waals surface area contributed by atoms with Gasteiger partial charge in [0, 0.05) is 22.1 Å². The summed E-state index contributed by atoms with van der Waals surface area (Å²) in [5.74, 6) is -0.395. The molecule has 11 heteroatoms. The molecule has 39 heavy (non-hydrogen) atoms. The Bertz CT molecular complexity index is 1720. The first-order valence-electron chi connectivity index (χ1n) is 12.5. The molecule has 4 aromatic rings. The van der Waals surface area contributed by atoms with E-state index in [9.17, 15) is 19.2 Å². The third kappa shape index (κ3) is 4.97. The second-order valence-electron chi connectivity index (χ2n) is 9.34. The first kappa shape index (κ1) is 26.7. The molecule has 2 amide bonds. The Balaban J connectivity index is 1.64. The molecular formula is C28H27ClN4O5S. The predicted octanol–water partition coefficient (Wildman–Crippen LogP) is 4.64. The van der Waals surface area contributed by atoms with E-state index >= 15 is 0 Å². The van der Waals surface area contributed by atoms with Crippen molar-refractivity contribution in [2.75, 3.05) is 18.5 Å². The molecule has 3 heterocycles. The third-order valence-electron chi connectivity index (χ3n) is 6.91. The highest BCUT2D eigenvalue weighted by atomic mass is 35.5. The first-order valence-corrected chi connectivity index (χ1v) is 13.7. The second-order valence-corrected chi connectivity index (χ2v) is 10.9. The lowest BCUT2D eigenvalue weighted by Gasteiger charge is -2.25. The smallest absolute Gasteiger partial charge is 0.410 e. The zero-order valence-electron chi connectivity index (χ0n) is 21.7. The number of hydrogen-bond donors (Lipinski definition) is 1. The van der Waals surface area contributed by atoms with E-state index in [-0.39, 0.29) is 19.7 Å². The molecule has 1 N–H and O–H groups in total. The summed E-state index contributed by atoms with van der Waals surface area (Å²) in [6.45, 7) is 6.22. The van der Waals surface area contributed by atoms with E-state index in [1.54, 1.807) is 42.2 Å². The fraction of sp³-hybridized carbons (Fsp3) is 0.286. The van der Waals surface area contributed by atoms with Crippen LogP contribution in [-0.2, 0) is 29.0 Å². The molecule has 202 valence electrons. The summed E-state index contributed by atoms with van der Waals surface area (Å²) in [6.07, 6.45) is 0.00106. The van der Waals surface area contributed by atoms with Crippen LogP contribution >= 0.6 is 22.9 Å². The van der Waals surface area contributed by atoms with Crippen molar-refractivity contribution >= 4 is 50.8 Å². The number of carbonyl (C=O) groups excluding carboxylic acids is 2. The second kappa shape index (κ2) is 10.7. The van der Waals surface area contributed by atoms with Gasteiger partial charge in [-0.2, -0.15) is 0 Å². The molecular weight excluding hydrogens is 540 g/mol. The molecule has 5 rings (SSSR count). The molecule has 1 aliphatic rings. The standard InChI is InChI=1S/C28H27ClN4O5S/c1-4-38-28(37)31-13-12-20-22(14-31)39-26-24(20)25(35)33(19-10-8-18(29)9-11-19)27(36)32(26)15-23(34)30-21-7-5-6-16(2)17(21)3/h5-11H,4,12-15H2,1-3H3,(H,30,34). The minimum absolute atomic E-state index is 0.259. The van der Waals surface area contributed by atoms with Gasteiger partial charge >= 0.3 is 11.8 Å². The maximum atomic E-state index is 13.8. The number of anilines is 1. The highest BCUT2D eigenvalue weighted by molar-refractivity contribution is 7.18. The summed E-state index contributed by atoms with van der Waals surface area (Å²) in [7, 11) is 0. The summed E-state index contributed by atoms with van der Waals surface area (Å²) in [5, 5.41) is 3.75. The molecule has 0 saturated carbocycles. The zero-order valence-corrected chi connectivity index (χ0v) is 23.3. The van der Waals surface area contributed by atoms with Gasteiger partial charge in [0.2, 0.25) is 5.91 Å². The van der Waals surface area contributed by atoms with Crippen LogP contribution in [0, 0.1) is 13.8 Å². The number of nitrogens with one attached hydrogen (secondary N) is 1. The average Bonchev–Trinajstić information content (AvgIpc) is 3.29. The molecule has 0 aliphatic carbocycles. The molecule has 0 bridgehead atoms. The van der Waals surface area contributed by atoms with E-state index in [0.717, 1.165) is 26.1 Å². The van der Waals surface area contributed by atoms with E-state index in [0.29, 0.717) is 39.6 Å². The quantitative estimate of drug-likeness (QED) is 0.379. The van der Waals surface area contributed by atoms with Crippen LogP contribution in [0.1, 0.15) is 28.5 Å². The lowest BCUT2D eigenvalue weighted by Crippen LogP contribution is -2.41. The van der Waals surface area contributed by atoms with Gasteiger partial charge in [-0.25, -0.2) is 14.2 Å². The van der Waals surface area contributed by atoms with Crippen LogP contribution in [0.2, 0.25) is 5.02 Å². The predicted molar refractivity (Wildman–Crippen MR) is 152 cm³/mol. The molecule has 0 spiro atoms. The van der Waals surface area contributed by atoms with E-state index < -0.39 is 23.2 Å². The highest BCUT2D eigenvalue weighted by Crippen LogP contribution is 2.33. The highest BCUT2D eigenvalue weighted by Gasteiger charge is 2.29. The number of benzene rings is 2. The molecule has 0 unspecified atom stereocenters. The Morgan fingerprint density at radius 3 is 2.56 bits per heavy atom. The third-order valence-corrected chi connectivity index (χ3v) is 8.41. The van der Waals surface area contributed by atoms with E-state index in [2.05, 4.69) is 5.32 Å². The Kier molecular flexibility index (Phi) is 7.33.